The van der Waals surface area contributed by atoms with E-state index in [4.69, 9.17) is 0 Å². The van der Waals surface area contributed by atoms with Crippen molar-refractivity contribution in [3.8, 4) is 11.4 Å². The number of fused-ring (bicyclic) bond motifs is 1. The molecule has 0 saturated carbocycles. The molecule has 1 aromatic carbocycles. The number of halogens is 1. The lowest BCUT2D eigenvalue weighted by Crippen LogP contribution is -2.08. The summed E-state index contributed by atoms with van der Waals surface area (Å²) in [7, 11) is 0. The first-order valence-electron chi connectivity index (χ1n) is 5.34. The van der Waals surface area contributed by atoms with E-state index < -0.39 is 0 Å². The smallest absolute Gasteiger partial charge is 0.265 e. The van der Waals surface area contributed by atoms with Gasteiger partial charge in [0.25, 0.3) is 5.56 Å². The molecule has 3 aromatic rings. The lowest BCUT2D eigenvalue weighted by molar-refractivity contribution is 1.11. The van der Waals surface area contributed by atoms with Gasteiger partial charge < -0.3 is 4.98 Å². The summed E-state index contributed by atoms with van der Waals surface area (Å²) in [5.74, 6) is 0.550. The summed E-state index contributed by atoms with van der Waals surface area (Å²) >= 11 is 3.13. The van der Waals surface area contributed by atoms with Crippen molar-refractivity contribution in [3.63, 3.8) is 0 Å². The van der Waals surface area contributed by atoms with Crippen LogP contribution in [0, 0.1) is 0 Å². The molecule has 2 aromatic heterocycles. The molecule has 3 rings (SSSR count). The van der Waals surface area contributed by atoms with Crippen LogP contribution in [0.4, 0.5) is 0 Å². The maximum absolute atomic E-state index is 11.5. The summed E-state index contributed by atoms with van der Waals surface area (Å²) in [5, 5.41) is 1.01. The van der Waals surface area contributed by atoms with Gasteiger partial charge in [0, 0.05) is 23.3 Å². The Morgan fingerprint density at radius 2 is 2.06 bits per heavy atom. The molecule has 2 heterocycles. The van der Waals surface area contributed by atoms with Gasteiger partial charge in [0.1, 0.15) is 10.3 Å². The fourth-order valence-corrected chi connectivity index (χ4v) is 1.95. The first-order valence-corrected chi connectivity index (χ1v) is 6.13. The molecule has 0 saturated heterocycles. The number of pyridine rings is 1. The van der Waals surface area contributed by atoms with Gasteiger partial charge in [-0.2, -0.15) is 0 Å². The fraction of sp³-hybridized carbons (Fsp3) is 0. The van der Waals surface area contributed by atoms with E-state index in [9.17, 15) is 4.79 Å². The number of aromatic nitrogens is 3. The summed E-state index contributed by atoms with van der Waals surface area (Å²) in [6, 6.07) is 9.61. The van der Waals surface area contributed by atoms with Crippen molar-refractivity contribution in [2.45, 2.75) is 0 Å². The monoisotopic (exact) mass is 301 g/mol. The Kier molecular flexibility index (Phi) is 2.68. The summed E-state index contributed by atoms with van der Waals surface area (Å²) in [6.07, 6.45) is 3.25. The Hall–Kier alpha value is -2.01. The Morgan fingerprint density at radius 3 is 2.89 bits per heavy atom. The second-order valence-corrected chi connectivity index (χ2v) is 4.67. The number of hydrogen-bond acceptors (Lipinski definition) is 3. The fourth-order valence-electron chi connectivity index (χ4n) is 1.75. The summed E-state index contributed by atoms with van der Waals surface area (Å²) in [6.45, 7) is 0. The van der Waals surface area contributed by atoms with Gasteiger partial charge in [0.15, 0.2) is 0 Å². The number of benzene rings is 1. The van der Waals surface area contributed by atoms with Crippen LogP contribution in [0.5, 0.6) is 0 Å². The van der Waals surface area contributed by atoms with E-state index in [1.54, 1.807) is 6.20 Å². The van der Waals surface area contributed by atoms with Gasteiger partial charge in [0.2, 0.25) is 0 Å². The Labute approximate surface area is 111 Å². The number of hydrogen-bond donors (Lipinski definition) is 1. The van der Waals surface area contributed by atoms with Crippen molar-refractivity contribution in [1.29, 1.82) is 0 Å². The van der Waals surface area contributed by atoms with Crippen LogP contribution in [0.25, 0.3) is 22.3 Å². The van der Waals surface area contributed by atoms with E-state index in [0.29, 0.717) is 10.3 Å². The second kappa shape index (κ2) is 4.34. The van der Waals surface area contributed by atoms with Crippen LogP contribution in [0.15, 0.2) is 52.0 Å². The quantitative estimate of drug-likeness (QED) is 0.752. The van der Waals surface area contributed by atoms with E-state index in [1.807, 2.05) is 30.3 Å². The highest BCUT2D eigenvalue weighted by Crippen LogP contribution is 2.19. The van der Waals surface area contributed by atoms with Crippen molar-refractivity contribution in [3.05, 3.63) is 57.6 Å². The van der Waals surface area contributed by atoms with E-state index in [1.165, 1.54) is 6.20 Å². The maximum Gasteiger partial charge on any atom is 0.265 e. The van der Waals surface area contributed by atoms with E-state index in [0.717, 1.165) is 16.5 Å². The molecular formula is C13H8BrN3O. The van der Waals surface area contributed by atoms with Gasteiger partial charge >= 0.3 is 0 Å². The van der Waals surface area contributed by atoms with Crippen molar-refractivity contribution in [2.24, 2.45) is 0 Å². The molecule has 0 spiro atoms. The third-order valence-electron chi connectivity index (χ3n) is 2.63. The second-order valence-electron chi connectivity index (χ2n) is 3.82. The van der Waals surface area contributed by atoms with Gasteiger partial charge in [-0.25, -0.2) is 4.98 Å². The molecule has 0 unspecified atom stereocenters. The minimum atomic E-state index is -0.189. The third-order valence-corrected chi connectivity index (χ3v) is 3.20. The normalized spacial score (nSPS) is 10.7. The van der Waals surface area contributed by atoms with Gasteiger partial charge in [-0.1, -0.05) is 6.07 Å². The van der Waals surface area contributed by atoms with Gasteiger partial charge in [-0.3, -0.25) is 9.78 Å². The molecule has 0 fully saturated rings. The predicted octanol–water partition coefficient (Wildman–Crippen LogP) is 2.75. The number of aromatic amines is 1. The number of rotatable bonds is 1. The molecule has 4 nitrogen and oxygen atoms in total. The number of nitrogens with zero attached hydrogens (tertiary/aromatic N) is 2. The van der Waals surface area contributed by atoms with E-state index >= 15 is 0 Å². The highest BCUT2D eigenvalue weighted by atomic mass is 79.9. The molecular weight excluding hydrogens is 294 g/mol. The zero-order chi connectivity index (χ0) is 12.5. The number of H-pyrrole nitrogens is 1. The van der Waals surface area contributed by atoms with Crippen LogP contribution in [0.1, 0.15) is 0 Å². The van der Waals surface area contributed by atoms with Crippen molar-refractivity contribution in [2.75, 3.05) is 0 Å². The van der Waals surface area contributed by atoms with Crippen molar-refractivity contribution < 1.29 is 0 Å². The Bertz CT molecular complexity index is 782. The highest BCUT2D eigenvalue weighted by molar-refractivity contribution is 9.10. The van der Waals surface area contributed by atoms with Crippen LogP contribution in [-0.2, 0) is 0 Å². The molecule has 0 atom stereocenters. The van der Waals surface area contributed by atoms with Crippen LogP contribution in [0.2, 0.25) is 0 Å². The molecule has 0 aliphatic heterocycles. The van der Waals surface area contributed by atoms with Crippen molar-refractivity contribution in [1.82, 2.24) is 15.0 Å². The highest BCUT2D eigenvalue weighted by Gasteiger charge is 2.04. The van der Waals surface area contributed by atoms with E-state index in [2.05, 4.69) is 30.9 Å². The molecule has 0 bridgehead atoms. The molecule has 5 heteroatoms. The lowest BCUT2D eigenvalue weighted by atomic mass is 10.1. The molecule has 1 N–H and O–H groups in total. The molecule has 88 valence electrons. The van der Waals surface area contributed by atoms with Gasteiger partial charge in [-0.05, 0) is 40.2 Å². The van der Waals surface area contributed by atoms with Gasteiger partial charge in [0.05, 0.1) is 5.52 Å². The molecule has 0 aliphatic carbocycles. The standard InChI is InChI=1S/C13H8BrN3O/c14-10-7-16-12(17-13(10)18)9-3-4-11-8(6-9)2-1-5-15-11/h1-7H,(H,16,17,18). The minimum absolute atomic E-state index is 0.189. The summed E-state index contributed by atoms with van der Waals surface area (Å²) < 4.78 is 0.425. The molecule has 0 amide bonds. The zero-order valence-electron chi connectivity index (χ0n) is 9.22. The Morgan fingerprint density at radius 1 is 1.17 bits per heavy atom. The SMILES string of the molecule is O=c1[nH]c(-c2ccc3ncccc3c2)ncc1Br. The molecule has 0 aliphatic rings. The number of nitrogens with one attached hydrogen (secondary N) is 1. The van der Waals surface area contributed by atoms with Crippen molar-refractivity contribution >= 4 is 26.8 Å². The van der Waals surface area contributed by atoms with Crippen LogP contribution in [-0.4, -0.2) is 15.0 Å². The average Bonchev–Trinajstić information content (AvgIpc) is 2.41. The third kappa shape index (κ3) is 1.93. The van der Waals surface area contributed by atoms with Crippen LogP contribution < -0.4 is 5.56 Å². The largest absolute Gasteiger partial charge is 0.306 e. The van der Waals surface area contributed by atoms with Gasteiger partial charge in [-0.15, -0.1) is 0 Å². The average molecular weight is 302 g/mol. The maximum atomic E-state index is 11.5. The first-order chi connectivity index (χ1) is 8.74. The topological polar surface area (TPSA) is 58.6 Å². The minimum Gasteiger partial charge on any atom is -0.306 e. The Balaban J connectivity index is 2.19. The van der Waals surface area contributed by atoms with E-state index in [-0.39, 0.29) is 5.56 Å². The molecule has 18 heavy (non-hydrogen) atoms. The first kappa shape index (κ1) is 11.1. The van der Waals surface area contributed by atoms with Crippen LogP contribution in [0.3, 0.4) is 0 Å². The lowest BCUT2D eigenvalue weighted by Gasteiger charge is -2.02. The summed E-state index contributed by atoms with van der Waals surface area (Å²) in [5.41, 5.74) is 1.59. The predicted molar refractivity (Wildman–Crippen MR) is 73.3 cm³/mol. The van der Waals surface area contributed by atoms with Crippen LogP contribution >= 0.6 is 15.9 Å². The summed E-state index contributed by atoms with van der Waals surface area (Å²) in [4.78, 5) is 22.7. The molecule has 0 radical (unpaired) electrons. The zero-order valence-corrected chi connectivity index (χ0v) is 10.8.